The maximum Gasteiger partial charge on any atom is 0.303 e. The Kier molecular flexibility index (Phi) is 6.08. The summed E-state index contributed by atoms with van der Waals surface area (Å²) in [5.74, 6) is -0.496. The van der Waals surface area contributed by atoms with Crippen LogP contribution in [0.4, 0.5) is 4.39 Å². The highest BCUT2D eigenvalue weighted by atomic mass is 19.1. The van der Waals surface area contributed by atoms with Gasteiger partial charge in [0.15, 0.2) is 0 Å². The van der Waals surface area contributed by atoms with Crippen LogP contribution in [-0.2, 0) is 20.7 Å². The van der Waals surface area contributed by atoms with Crippen LogP contribution in [0.3, 0.4) is 0 Å². The van der Waals surface area contributed by atoms with Crippen molar-refractivity contribution in [2.24, 2.45) is 5.92 Å². The fourth-order valence-electron chi connectivity index (χ4n) is 6.31. The largest absolute Gasteiger partial charge is 0.487 e. The van der Waals surface area contributed by atoms with Crippen LogP contribution < -0.4 is 4.74 Å². The van der Waals surface area contributed by atoms with E-state index in [9.17, 15) is 19.1 Å². The molecular weight excluding hydrogens is 449 g/mol. The number of hydrogen-bond acceptors (Lipinski definition) is 4. The molecule has 2 aromatic rings. The third kappa shape index (κ3) is 4.31. The predicted octanol–water partition coefficient (Wildman–Crippen LogP) is 4.83. The maximum absolute atomic E-state index is 13.6. The molecule has 3 heterocycles. The first kappa shape index (κ1) is 23.8. The summed E-state index contributed by atoms with van der Waals surface area (Å²) in [6.07, 6.45) is 2.79. The highest BCUT2D eigenvalue weighted by Gasteiger charge is 2.57. The minimum absolute atomic E-state index is 0.00136. The Morgan fingerprint density at radius 3 is 2.80 bits per heavy atom. The zero-order valence-corrected chi connectivity index (χ0v) is 20.3. The first-order valence-electron chi connectivity index (χ1n) is 12.4. The average molecular weight is 482 g/mol. The van der Waals surface area contributed by atoms with Gasteiger partial charge in [0.2, 0.25) is 5.91 Å². The Balaban J connectivity index is 1.43. The van der Waals surface area contributed by atoms with E-state index in [1.807, 2.05) is 43.0 Å². The first-order chi connectivity index (χ1) is 16.7. The summed E-state index contributed by atoms with van der Waals surface area (Å²) in [4.78, 5) is 26.9. The molecule has 5 rings (SSSR count). The van der Waals surface area contributed by atoms with Crippen molar-refractivity contribution >= 4 is 11.9 Å². The normalized spacial score (nSPS) is 29.4. The van der Waals surface area contributed by atoms with Crippen LogP contribution >= 0.6 is 0 Å². The molecule has 3 aliphatic heterocycles. The molecule has 2 aromatic carbocycles. The molecule has 3 aliphatic rings. The number of carboxylic acids is 1. The maximum atomic E-state index is 13.6. The number of amides is 1. The number of aryl methyl sites for hydroxylation is 1. The molecule has 1 amide bonds. The van der Waals surface area contributed by atoms with Crippen LogP contribution in [0, 0.1) is 18.7 Å². The highest BCUT2D eigenvalue weighted by Crippen LogP contribution is 2.55. The van der Waals surface area contributed by atoms with Crippen LogP contribution in [0.5, 0.6) is 5.75 Å². The van der Waals surface area contributed by atoms with Gasteiger partial charge in [-0.05, 0) is 68.9 Å². The van der Waals surface area contributed by atoms with Gasteiger partial charge in [-0.1, -0.05) is 24.3 Å². The third-order valence-electron chi connectivity index (χ3n) is 8.23. The molecule has 0 saturated carbocycles. The lowest BCUT2D eigenvalue weighted by molar-refractivity contribution is -0.179. The average Bonchev–Trinajstić information content (AvgIpc) is 3.22. The summed E-state index contributed by atoms with van der Waals surface area (Å²) >= 11 is 0. The number of likely N-dealkylation sites (tertiary alicyclic amines) is 1. The van der Waals surface area contributed by atoms with Crippen LogP contribution in [0.1, 0.15) is 61.8 Å². The second-order valence-corrected chi connectivity index (χ2v) is 10.5. The van der Waals surface area contributed by atoms with Crippen molar-refractivity contribution < 1.29 is 28.6 Å². The second kappa shape index (κ2) is 8.94. The molecule has 2 fully saturated rings. The minimum Gasteiger partial charge on any atom is -0.487 e. The number of carboxylic acid groups (broad SMARTS) is 1. The van der Waals surface area contributed by atoms with E-state index in [0.717, 1.165) is 35.3 Å². The van der Waals surface area contributed by atoms with E-state index < -0.39 is 17.1 Å². The quantitative estimate of drug-likeness (QED) is 0.662. The molecular formula is C28H32FNO5. The van der Waals surface area contributed by atoms with E-state index in [1.54, 1.807) is 6.07 Å². The smallest absolute Gasteiger partial charge is 0.303 e. The number of carbonyl (C=O) groups excluding carboxylic acids is 1. The van der Waals surface area contributed by atoms with Gasteiger partial charge in [-0.25, -0.2) is 4.39 Å². The zero-order chi connectivity index (χ0) is 24.8. The van der Waals surface area contributed by atoms with Gasteiger partial charge in [-0.3, -0.25) is 9.59 Å². The molecule has 0 aliphatic carbocycles. The fraction of sp³-hybridized carbons (Fsp3) is 0.500. The van der Waals surface area contributed by atoms with E-state index in [2.05, 4.69) is 0 Å². The summed E-state index contributed by atoms with van der Waals surface area (Å²) in [6, 6.07) is 12.3. The van der Waals surface area contributed by atoms with Gasteiger partial charge in [0.05, 0.1) is 24.7 Å². The van der Waals surface area contributed by atoms with Gasteiger partial charge >= 0.3 is 5.97 Å². The Morgan fingerprint density at radius 2 is 2.03 bits per heavy atom. The summed E-state index contributed by atoms with van der Waals surface area (Å²) in [5.41, 5.74) is 1.40. The SMILES string of the molecule is Cc1cc(F)ccc1CC(=O)N1CCC[C@]12CO[C@H]1c3ccccc3O[C@@](C)(CCC(=O)O)[C@@H]1C2. The van der Waals surface area contributed by atoms with Crippen LogP contribution in [0.2, 0.25) is 0 Å². The molecule has 4 atom stereocenters. The number of halogens is 1. The van der Waals surface area contributed by atoms with Gasteiger partial charge in [-0.2, -0.15) is 0 Å². The van der Waals surface area contributed by atoms with Gasteiger partial charge in [0, 0.05) is 24.4 Å². The Bertz CT molecular complexity index is 1150. The molecule has 35 heavy (non-hydrogen) atoms. The van der Waals surface area contributed by atoms with E-state index in [1.165, 1.54) is 12.1 Å². The van der Waals surface area contributed by atoms with Crippen molar-refractivity contribution in [1.29, 1.82) is 0 Å². The number of rotatable bonds is 5. The summed E-state index contributed by atoms with van der Waals surface area (Å²) in [7, 11) is 0. The number of carbonyl (C=O) groups is 2. The number of ether oxygens (including phenoxy) is 2. The molecule has 0 bridgehead atoms. The Hall–Kier alpha value is -2.93. The number of nitrogens with zero attached hydrogens (tertiary/aromatic N) is 1. The van der Waals surface area contributed by atoms with Crippen LogP contribution in [0.25, 0.3) is 0 Å². The number of hydrogen-bond donors (Lipinski definition) is 1. The summed E-state index contributed by atoms with van der Waals surface area (Å²) < 4.78 is 26.6. The van der Waals surface area contributed by atoms with Gasteiger partial charge in [-0.15, -0.1) is 0 Å². The fourth-order valence-corrected chi connectivity index (χ4v) is 6.31. The van der Waals surface area contributed by atoms with Gasteiger partial charge in [0.1, 0.15) is 17.2 Å². The zero-order valence-electron chi connectivity index (χ0n) is 20.3. The lowest BCUT2D eigenvalue weighted by Gasteiger charge is -2.54. The summed E-state index contributed by atoms with van der Waals surface area (Å²) in [5, 5.41) is 9.39. The van der Waals surface area contributed by atoms with Crippen molar-refractivity contribution in [3.63, 3.8) is 0 Å². The van der Waals surface area contributed by atoms with E-state index >= 15 is 0 Å². The van der Waals surface area contributed by atoms with Gasteiger partial charge in [0.25, 0.3) is 0 Å². The van der Waals surface area contributed by atoms with Crippen molar-refractivity contribution in [1.82, 2.24) is 4.90 Å². The standard InChI is InChI=1S/C28H32FNO5/c1-18-14-20(29)9-8-19(18)15-24(31)30-13-5-11-28(30)16-22-26(34-17-28)21-6-3-4-7-23(21)35-27(22,2)12-10-25(32)33/h3-4,6-9,14,22,26H,5,10-13,15-17H2,1-2H3,(H,32,33)/t22-,26+,27+,28+/m1/s1. The predicted molar refractivity (Wildman–Crippen MR) is 128 cm³/mol. The van der Waals surface area contributed by atoms with Crippen molar-refractivity contribution in [2.45, 2.75) is 69.6 Å². The molecule has 0 radical (unpaired) electrons. The number of benzene rings is 2. The first-order valence-corrected chi connectivity index (χ1v) is 12.4. The lowest BCUT2D eigenvalue weighted by atomic mass is 9.68. The van der Waals surface area contributed by atoms with Crippen molar-refractivity contribution in [3.05, 3.63) is 65.0 Å². The number of aliphatic carboxylic acids is 1. The molecule has 7 heteroatoms. The molecule has 6 nitrogen and oxygen atoms in total. The highest BCUT2D eigenvalue weighted by molar-refractivity contribution is 5.80. The Morgan fingerprint density at radius 1 is 1.23 bits per heavy atom. The van der Waals surface area contributed by atoms with E-state index in [4.69, 9.17) is 9.47 Å². The molecule has 186 valence electrons. The monoisotopic (exact) mass is 481 g/mol. The van der Waals surface area contributed by atoms with Crippen molar-refractivity contribution in [3.8, 4) is 5.75 Å². The van der Waals surface area contributed by atoms with Crippen LogP contribution in [0.15, 0.2) is 42.5 Å². The topological polar surface area (TPSA) is 76.1 Å². The molecule has 0 unspecified atom stereocenters. The number of para-hydroxylation sites is 1. The minimum atomic E-state index is -0.857. The van der Waals surface area contributed by atoms with E-state index in [-0.39, 0.29) is 36.6 Å². The molecule has 0 aromatic heterocycles. The van der Waals surface area contributed by atoms with Crippen molar-refractivity contribution in [2.75, 3.05) is 13.2 Å². The lowest BCUT2D eigenvalue weighted by Crippen LogP contribution is -2.60. The van der Waals surface area contributed by atoms with Gasteiger partial charge < -0.3 is 19.5 Å². The molecule has 2 saturated heterocycles. The van der Waals surface area contributed by atoms with E-state index in [0.29, 0.717) is 26.0 Å². The number of fused-ring (bicyclic) bond motifs is 3. The molecule has 1 N–H and O–H groups in total. The summed E-state index contributed by atoms with van der Waals surface area (Å²) in [6.45, 7) is 4.90. The Labute approximate surface area is 205 Å². The van der Waals surface area contributed by atoms with Crippen LogP contribution in [-0.4, -0.2) is 46.2 Å². The second-order valence-electron chi connectivity index (χ2n) is 10.5. The molecule has 1 spiro atoms. The third-order valence-corrected chi connectivity index (χ3v) is 8.23.